The summed E-state index contributed by atoms with van der Waals surface area (Å²) in [6.45, 7) is 0. The number of H-pyrrole nitrogens is 2. The van der Waals surface area contributed by atoms with Gasteiger partial charge in [-0.2, -0.15) is 0 Å². The Morgan fingerprint density at radius 3 is 1.32 bits per heavy atom. The predicted molar refractivity (Wildman–Crippen MR) is 150 cm³/mol. The first-order valence-corrected chi connectivity index (χ1v) is 12.1. The van der Waals surface area contributed by atoms with Gasteiger partial charge in [-0.15, -0.1) is 0 Å². The molecule has 2 aliphatic rings. The summed E-state index contributed by atoms with van der Waals surface area (Å²) in [6.07, 6.45) is 13.3. The Bertz CT molecular complexity index is 1560. The molecule has 2 aromatic carbocycles. The van der Waals surface area contributed by atoms with Crippen molar-refractivity contribution >= 4 is 35.1 Å². The Hall–Kier alpha value is -5.36. The molecular weight excluding hydrogens is 472 g/mol. The zero-order chi connectivity index (χ0) is 25.9. The third kappa shape index (κ3) is 4.35. The minimum Gasteiger partial charge on any atom is -0.361 e. The average molecular weight is 495 g/mol. The zero-order valence-corrected chi connectivity index (χ0v) is 20.3. The molecule has 38 heavy (non-hydrogen) atoms. The van der Waals surface area contributed by atoms with Gasteiger partial charge in [-0.25, -0.2) is 9.98 Å². The second kappa shape index (κ2) is 9.95. The summed E-state index contributed by atoms with van der Waals surface area (Å²) in [6, 6.07) is 22.8. The second-order valence-corrected chi connectivity index (χ2v) is 8.83. The van der Waals surface area contributed by atoms with E-state index >= 15 is 0 Å². The van der Waals surface area contributed by atoms with Crippen LogP contribution in [0.4, 0.5) is 0 Å². The number of nitrogens with zero attached hydrogens (tertiary/aromatic N) is 2. The topological polar surface area (TPSA) is 90.4 Å². The van der Waals surface area contributed by atoms with Gasteiger partial charge in [0, 0.05) is 46.1 Å². The number of aldehydes is 2. The lowest BCUT2D eigenvalue weighted by atomic mass is 9.99. The number of rotatable bonds is 7. The molecule has 0 unspecified atom stereocenters. The molecule has 0 amide bonds. The van der Waals surface area contributed by atoms with Crippen molar-refractivity contribution in [1.82, 2.24) is 9.97 Å². The number of carbonyl (C=O) groups excluding carboxylic acids is 2. The molecule has 6 rings (SSSR count). The lowest BCUT2D eigenvalue weighted by Crippen LogP contribution is -2.04. The molecule has 4 aromatic rings. The van der Waals surface area contributed by atoms with E-state index in [-0.39, 0.29) is 0 Å². The highest BCUT2D eigenvalue weighted by Gasteiger charge is 2.20. The number of aromatic nitrogens is 2. The van der Waals surface area contributed by atoms with Gasteiger partial charge < -0.3 is 9.97 Å². The maximum absolute atomic E-state index is 11.1. The van der Waals surface area contributed by atoms with Crippen LogP contribution in [-0.2, 0) is 0 Å². The fourth-order valence-corrected chi connectivity index (χ4v) is 4.60. The summed E-state index contributed by atoms with van der Waals surface area (Å²) in [7, 11) is 0. The highest BCUT2D eigenvalue weighted by molar-refractivity contribution is 6.52. The Labute approximate surface area is 219 Å². The zero-order valence-electron chi connectivity index (χ0n) is 20.3. The molecule has 4 heterocycles. The van der Waals surface area contributed by atoms with E-state index in [0.717, 1.165) is 69.1 Å². The molecule has 2 aliphatic heterocycles. The van der Waals surface area contributed by atoms with E-state index in [4.69, 9.17) is 9.98 Å². The molecule has 0 aliphatic carbocycles. The highest BCUT2D eigenvalue weighted by Crippen LogP contribution is 2.32. The molecule has 0 saturated carbocycles. The summed E-state index contributed by atoms with van der Waals surface area (Å²) in [5.74, 6) is 0. The largest absolute Gasteiger partial charge is 0.361 e. The number of benzene rings is 2. The van der Waals surface area contributed by atoms with Crippen LogP contribution in [0.25, 0.3) is 11.1 Å². The van der Waals surface area contributed by atoms with Gasteiger partial charge >= 0.3 is 0 Å². The number of allylic oxidation sites excluding steroid dienone is 4. The molecule has 2 N–H and O–H groups in total. The maximum atomic E-state index is 11.1. The summed E-state index contributed by atoms with van der Waals surface area (Å²) in [5, 5.41) is 0. The van der Waals surface area contributed by atoms with Crippen molar-refractivity contribution < 1.29 is 9.59 Å². The Balaban J connectivity index is 1.42. The molecule has 0 spiro atoms. The Morgan fingerprint density at radius 1 is 0.553 bits per heavy atom. The normalized spacial score (nSPS) is 16.8. The van der Waals surface area contributed by atoms with E-state index in [1.165, 1.54) is 0 Å². The summed E-state index contributed by atoms with van der Waals surface area (Å²) < 4.78 is 0. The van der Waals surface area contributed by atoms with Crippen molar-refractivity contribution in [3.05, 3.63) is 155 Å². The monoisotopic (exact) mass is 494 g/mol. The lowest BCUT2D eigenvalue weighted by Gasteiger charge is -2.09. The van der Waals surface area contributed by atoms with Crippen molar-refractivity contribution in [3.63, 3.8) is 0 Å². The van der Waals surface area contributed by atoms with Crippen LogP contribution in [0.3, 0.4) is 0 Å². The van der Waals surface area contributed by atoms with Crippen molar-refractivity contribution in [2.75, 3.05) is 0 Å². The molecule has 0 saturated heterocycles. The average Bonchev–Trinajstić information content (AvgIpc) is 3.78. The molecule has 0 fully saturated rings. The van der Waals surface area contributed by atoms with Gasteiger partial charge in [0.05, 0.1) is 22.8 Å². The van der Waals surface area contributed by atoms with Crippen LogP contribution in [0.1, 0.15) is 43.2 Å². The maximum Gasteiger partial charge on any atom is 0.150 e. The Kier molecular flexibility index (Phi) is 6.04. The first-order valence-electron chi connectivity index (χ1n) is 12.1. The van der Waals surface area contributed by atoms with E-state index in [0.29, 0.717) is 11.1 Å². The Morgan fingerprint density at radius 2 is 0.974 bits per heavy atom. The number of aromatic amines is 2. The van der Waals surface area contributed by atoms with E-state index in [1.807, 2.05) is 85.2 Å². The minimum absolute atomic E-state index is 0.624. The highest BCUT2D eigenvalue weighted by atomic mass is 16.1. The van der Waals surface area contributed by atoms with Gasteiger partial charge in [-0.1, -0.05) is 48.5 Å². The molecule has 182 valence electrons. The van der Waals surface area contributed by atoms with Crippen molar-refractivity contribution in [2.45, 2.75) is 0 Å². The van der Waals surface area contributed by atoms with Crippen LogP contribution < -0.4 is 0 Å². The van der Waals surface area contributed by atoms with Crippen LogP contribution in [0.5, 0.6) is 0 Å². The van der Waals surface area contributed by atoms with E-state index in [1.54, 1.807) is 24.3 Å². The van der Waals surface area contributed by atoms with Crippen LogP contribution in [0, 0.1) is 0 Å². The van der Waals surface area contributed by atoms with Crippen molar-refractivity contribution in [3.8, 4) is 0 Å². The molecule has 6 heteroatoms. The van der Waals surface area contributed by atoms with Gasteiger partial charge in [0.1, 0.15) is 12.6 Å². The summed E-state index contributed by atoms with van der Waals surface area (Å²) >= 11 is 0. The fourth-order valence-electron chi connectivity index (χ4n) is 4.60. The first-order chi connectivity index (χ1) is 18.7. The molecule has 6 nitrogen and oxygen atoms in total. The number of carbonyl (C=O) groups is 2. The van der Waals surface area contributed by atoms with Gasteiger partial charge in [0.15, 0.2) is 0 Å². The molecule has 0 radical (unpaired) electrons. The smallest absolute Gasteiger partial charge is 0.150 e. The van der Waals surface area contributed by atoms with Gasteiger partial charge in [-0.05, 0) is 59.7 Å². The van der Waals surface area contributed by atoms with Gasteiger partial charge in [0.25, 0.3) is 0 Å². The lowest BCUT2D eigenvalue weighted by molar-refractivity contribution is 0.111. The van der Waals surface area contributed by atoms with Crippen molar-refractivity contribution in [2.24, 2.45) is 9.98 Å². The first kappa shape index (κ1) is 23.1. The third-order valence-corrected chi connectivity index (χ3v) is 6.46. The van der Waals surface area contributed by atoms with E-state index < -0.39 is 0 Å². The predicted octanol–water partition coefficient (Wildman–Crippen LogP) is 6.21. The number of hydrogen-bond donors (Lipinski definition) is 2. The van der Waals surface area contributed by atoms with Gasteiger partial charge in [-0.3, -0.25) is 9.59 Å². The summed E-state index contributed by atoms with van der Waals surface area (Å²) in [4.78, 5) is 38.7. The second-order valence-electron chi connectivity index (χ2n) is 8.83. The van der Waals surface area contributed by atoms with Crippen LogP contribution in [-0.4, -0.2) is 34.0 Å². The van der Waals surface area contributed by atoms with Crippen LogP contribution >= 0.6 is 0 Å². The molecular formula is C32H22N4O2. The standard InChI is InChI=1S/C32H22N4O2/c37-19-21-5-9-23(10-6-21)31(27-3-1-17-33-27)29-15-13-25(35-29)26-14-16-30(36-26)32(28-4-2-18-34-28)24-11-7-22(20-38)8-12-24/h1-20,33-34H/b31-29-,32-30-. The van der Waals surface area contributed by atoms with Gasteiger partial charge in [0.2, 0.25) is 0 Å². The number of nitrogens with one attached hydrogen (secondary N) is 2. The van der Waals surface area contributed by atoms with Crippen LogP contribution in [0.2, 0.25) is 0 Å². The number of hydrogen-bond acceptors (Lipinski definition) is 4. The van der Waals surface area contributed by atoms with Crippen LogP contribution in [0.15, 0.2) is 131 Å². The fraction of sp³-hybridized carbons (Fsp3) is 0. The van der Waals surface area contributed by atoms with E-state index in [2.05, 4.69) is 9.97 Å². The summed E-state index contributed by atoms with van der Waals surface area (Å²) in [5.41, 5.74) is 10.1. The minimum atomic E-state index is 0.624. The molecule has 0 atom stereocenters. The third-order valence-electron chi connectivity index (χ3n) is 6.46. The molecule has 0 bridgehead atoms. The molecule has 2 aromatic heterocycles. The van der Waals surface area contributed by atoms with E-state index in [9.17, 15) is 9.59 Å². The SMILES string of the molecule is O=Cc1ccc(/C(=C2\C=CC(C3=N/C(=C(/c4ccc(C=O)cc4)c4ccc[nH]4)C=C3)=N2)c2ccc[nH]2)cc1. The van der Waals surface area contributed by atoms with Crippen molar-refractivity contribution in [1.29, 1.82) is 0 Å². The quantitative estimate of drug-likeness (QED) is 0.299. The number of aliphatic imine (C=N–C) groups is 2.